The van der Waals surface area contributed by atoms with Crippen molar-refractivity contribution in [2.75, 3.05) is 44.8 Å². The summed E-state index contributed by atoms with van der Waals surface area (Å²) in [5, 5.41) is 0. The van der Waals surface area contributed by atoms with Gasteiger partial charge in [-0.3, -0.25) is 9.79 Å². The van der Waals surface area contributed by atoms with Crippen LogP contribution in [0.2, 0.25) is 0 Å². The molecule has 2 aliphatic rings. The number of hydrogen-bond acceptors (Lipinski definition) is 7. The van der Waals surface area contributed by atoms with Crippen molar-refractivity contribution in [2.24, 2.45) is 4.99 Å². The molecule has 0 atom stereocenters. The maximum Gasteiger partial charge on any atom is 0.242 e. The number of ether oxygens (including phenoxy) is 2. The highest BCUT2D eigenvalue weighted by Crippen LogP contribution is 2.28. The van der Waals surface area contributed by atoms with Crippen LogP contribution in [0.15, 0.2) is 35.6 Å². The fourth-order valence-corrected chi connectivity index (χ4v) is 3.72. The molecule has 8 nitrogen and oxygen atoms in total. The molecule has 4 rings (SSSR count). The van der Waals surface area contributed by atoms with Crippen LogP contribution in [0.25, 0.3) is 0 Å². The van der Waals surface area contributed by atoms with Crippen molar-refractivity contribution in [1.82, 2.24) is 14.9 Å². The van der Waals surface area contributed by atoms with Gasteiger partial charge < -0.3 is 19.3 Å². The predicted octanol–water partition coefficient (Wildman–Crippen LogP) is 1.91. The average molecular weight is 409 g/mol. The number of anilines is 1. The Morgan fingerprint density at radius 3 is 2.80 bits per heavy atom. The number of rotatable bonds is 7. The molecule has 2 aromatic rings. The van der Waals surface area contributed by atoms with E-state index in [4.69, 9.17) is 14.5 Å². The van der Waals surface area contributed by atoms with Gasteiger partial charge in [0.15, 0.2) is 0 Å². The second-order valence-electron chi connectivity index (χ2n) is 7.71. The van der Waals surface area contributed by atoms with Crippen molar-refractivity contribution >= 4 is 17.4 Å². The van der Waals surface area contributed by atoms with Crippen LogP contribution >= 0.6 is 0 Å². The van der Waals surface area contributed by atoms with Crippen LogP contribution in [0, 0.1) is 0 Å². The van der Waals surface area contributed by atoms with Gasteiger partial charge in [-0.2, -0.15) is 0 Å². The summed E-state index contributed by atoms with van der Waals surface area (Å²) in [7, 11) is 1.64. The van der Waals surface area contributed by atoms with E-state index in [0.717, 1.165) is 40.6 Å². The quantitative estimate of drug-likeness (QED) is 0.695. The highest BCUT2D eigenvalue weighted by atomic mass is 16.5. The monoisotopic (exact) mass is 409 g/mol. The van der Waals surface area contributed by atoms with Crippen LogP contribution in [0.4, 0.5) is 5.82 Å². The summed E-state index contributed by atoms with van der Waals surface area (Å²) in [6, 6.07) is 7.99. The van der Waals surface area contributed by atoms with Gasteiger partial charge in [-0.1, -0.05) is 6.07 Å². The molecule has 30 heavy (non-hydrogen) atoms. The van der Waals surface area contributed by atoms with Gasteiger partial charge in [0.05, 0.1) is 37.2 Å². The standard InChI is InChI=1S/C22H27N5O3/c1-15(2)30-17-5-4-16-12-23-22(18(16)10-17)19-11-20(25-14-24-19)27-7-6-26(8-9-29-3)21(28)13-27/h4-5,10-11,14-15H,6-9,12-13H2,1-3H3. The van der Waals surface area contributed by atoms with E-state index in [0.29, 0.717) is 32.8 Å². The van der Waals surface area contributed by atoms with Crippen molar-refractivity contribution in [3.63, 3.8) is 0 Å². The average Bonchev–Trinajstić information content (AvgIpc) is 3.16. The Bertz CT molecular complexity index is 960. The molecular weight excluding hydrogens is 382 g/mol. The molecule has 0 N–H and O–H groups in total. The number of methoxy groups -OCH3 is 1. The Balaban J connectivity index is 1.53. The highest BCUT2D eigenvalue weighted by Gasteiger charge is 2.26. The molecule has 1 fully saturated rings. The fraction of sp³-hybridized carbons (Fsp3) is 0.455. The molecule has 3 heterocycles. The van der Waals surface area contributed by atoms with Gasteiger partial charge in [0.2, 0.25) is 5.91 Å². The number of benzene rings is 1. The molecule has 0 bridgehead atoms. The number of hydrogen-bond donors (Lipinski definition) is 0. The first kappa shape index (κ1) is 20.3. The van der Waals surface area contributed by atoms with Crippen LogP contribution in [0.3, 0.4) is 0 Å². The summed E-state index contributed by atoms with van der Waals surface area (Å²) in [6.07, 6.45) is 1.65. The molecule has 158 valence electrons. The lowest BCUT2D eigenvalue weighted by Crippen LogP contribution is -2.51. The smallest absolute Gasteiger partial charge is 0.242 e. The summed E-state index contributed by atoms with van der Waals surface area (Å²) in [5.74, 6) is 1.65. The molecule has 1 aromatic heterocycles. The summed E-state index contributed by atoms with van der Waals surface area (Å²) < 4.78 is 10.9. The van der Waals surface area contributed by atoms with Crippen molar-refractivity contribution in [2.45, 2.75) is 26.5 Å². The van der Waals surface area contributed by atoms with Gasteiger partial charge in [-0.15, -0.1) is 0 Å². The minimum Gasteiger partial charge on any atom is -0.491 e. The number of carbonyl (C=O) groups is 1. The van der Waals surface area contributed by atoms with Crippen LogP contribution in [0.5, 0.6) is 5.75 Å². The highest BCUT2D eigenvalue weighted by molar-refractivity contribution is 6.14. The SMILES string of the molecule is COCCN1CCN(c2cc(C3=NCc4ccc(OC(C)C)cc43)ncn2)CC1=O. The van der Waals surface area contributed by atoms with E-state index in [1.165, 1.54) is 0 Å². The minimum absolute atomic E-state index is 0.0810. The van der Waals surface area contributed by atoms with Crippen molar-refractivity contribution in [3.05, 3.63) is 47.4 Å². The van der Waals surface area contributed by atoms with Gasteiger partial charge in [-0.05, 0) is 31.5 Å². The Morgan fingerprint density at radius 1 is 1.17 bits per heavy atom. The molecule has 0 radical (unpaired) electrons. The van der Waals surface area contributed by atoms with Crippen LogP contribution < -0.4 is 9.64 Å². The lowest BCUT2D eigenvalue weighted by Gasteiger charge is -2.34. The Morgan fingerprint density at radius 2 is 2.03 bits per heavy atom. The van der Waals surface area contributed by atoms with Gasteiger partial charge >= 0.3 is 0 Å². The first-order chi connectivity index (χ1) is 14.5. The lowest BCUT2D eigenvalue weighted by atomic mass is 10.0. The summed E-state index contributed by atoms with van der Waals surface area (Å²) in [5.41, 5.74) is 3.80. The summed E-state index contributed by atoms with van der Waals surface area (Å²) in [4.78, 5) is 29.9. The van der Waals surface area contributed by atoms with E-state index in [1.54, 1.807) is 13.4 Å². The second kappa shape index (κ2) is 8.79. The van der Waals surface area contributed by atoms with Crippen LogP contribution in [0.1, 0.15) is 30.7 Å². The number of aromatic nitrogens is 2. The van der Waals surface area contributed by atoms with E-state index in [1.807, 2.05) is 41.8 Å². The second-order valence-corrected chi connectivity index (χ2v) is 7.71. The molecule has 1 aromatic carbocycles. The van der Waals surface area contributed by atoms with Crippen LogP contribution in [-0.4, -0.2) is 72.5 Å². The third kappa shape index (κ3) is 4.28. The largest absolute Gasteiger partial charge is 0.491 e. The molecule has 0 saturated carbocycles. The van der Waals surface area contributed by atoms with E-state index < -0.39 is 0 Å². The lowest BCUT2D eigenvalue weighted by molar-refractivity contribution is -0.131. The zero-order valence-corrected chi connectivity index (χ0v) is 17.7. The normalized spacial score (nSPS) is 16.1. The first-order valence-electron chi connectivity index (χ1n) is 10.2. The maximum absolute atomic E-state index is 12.5. The van der Waals surface area contributed by atoms with E-state index in [9.17, 15) is 4.79 Å². The van der Waals surface area contributed by atoms with Crippen molar-refractivity contribution in [3.8, 4) is 5.75 Å². The number of aliphatic imine (C=N–C) groups is 1. The Hall–Kier alpha value is -3.00. The van der Waals surface area contributed by atoms with Crippen LogP contribution in [-0.2, 0) is 16.1 Å². The summed E-state index contributed by atoms with van der Waals surface area (Å²) in [6.45, 7) is 7.49. The fourth-order valence-electron chi connectivity index (χ4n) is 3.72. The molecular formula is C22H27N5O3. The predicted molar refractivity (Wildman–Crippen MR) is 114 cm³/mol. The summed E-state index contributed by atoms with van der Waals surface area (Å²) >= 11 is 0. The van der Waals surface area contributed by atoms with E-state index in [-0.39, 0.29) is 12.0 Å². The molecule has 0 unspecified atom stereocenters. The molecule has 0 aliphatic carbocycles. The molecule has 0 spiro atoms. The van der Waals surface area contributed by atoms with E-state index in [2.05, 4.69) is 16.0 Å². The van der Waals surface area contributed by atoms with Gasteiger partial charge in [0.25, 0.3) is 0 Å². The van der Waals surface area contributed by atoms with Gasteiger partial charge in [-0.25, -0.2) is 9.97 Å². The number of amides is 1. The molecule has 1 amide bonds. The van der Waals surface area contributed by atoms with Gasteiger partial charge in [0.1, 0.15) is 17.9 Å². The van der Waals surface area contributed by atoms with Crippen molar-refractivity contribution < 1.29 is 14.3 Å². The Labute approximate surface area is 176 Å². The topological polar surface area (TPSA) is 80.2 Å². The maximum atomic E-state index is 12.5. The third-order valence-electron chi connectivity index (χ3n) is 5.22. The number of fused-ring (bicyclic) bond motifs is 1. The number of piperazine rings is 1. The molecule has 1 saturated heterocycles. The minimum atomic E-state index is 0.0810. The number of carbonyl (C=O) groups excluding carboxylic acids is 1. The Kier molecular flexibility index (Phi) is 5.94. The van der Waals surface area contributed by atoms with E-state index >= 15 is 0 Å². The number of nitrogens with zero attached hydrogens (tertiary/aromatic N) is 5. The molecule has 2 aliphatic heterocycles. The third-order valence-corrected chi connectivity index (χ3v) is 5.22. The zero-order chi connectivity index (χ0) is 21.1. The van der Waals surface area contributed by atoms with Gasteiger partial charge in [0, 0.05) is 38.4 Å². The van der Waals surface area contributed by atoms with Crippen molar-refractivity contribution in [1.29, 1.82) is 0 Å². The molecule has 8 heteroatoms. The zero-order valence-electron chi connectivity index (χ0n) is 17.7. The first-order valence-corrected chi connectivity index (χ1v) is 10.2.